The molecule has 0 aliphatic carbocycles. The minimum absolute atomic E-state index is 0.0642. The van der Waals surface area contributed by atoms with Crippen molar-refractivity contribution in [2.75, 3.05) is 13.1 Å². The van der Waals surface area contributed by atoms with E-state index < -0.39 is 10.0 Å². The minimum Gasteiger partial charge on any atom is -0.326 e. The zero-order chi connectivity index (χ0) is 12.6. The van der Waals surface area contributed by atoms with E-state index in [1.807, 2.05) is 6.92 Å². The number of halogens is 1. The van der Waals surface area contributed by atoms with Gasteiger partial charge in [-0.1, -0.05) is 17.7 Å². The van der Waals surface area contributed by atoms with Gasteiger partial charge in [0.05, 0.1) is 4.90 Å². The Morgan fingerprint density at radius 3 is 2.71 bits per heavy atom. The molecule has 2 N–H and O–H groups in total. The third-order valence-corrected chi connectivity index (χ3v) is 5.24. The molecule has 2 rings (SSSR count). The van der Waals surface area contributed by atoms with Gasteiger partial charge in [-0.15, -0.1) is 0 Å². The van der Waals surface area contributed by atoms with Gasteiger partial charge in [0.1, 0.15) is 0 Å². The Morgan fingerprint density at radius 2 is 2.18 bits per heavy atom. The summed E-state index contributed by atoms with van der Waals surface area (Å²) in [5, 5.41) is 0.467. The van der Waals surface area contributed by atoms with Gasteiger partial charge in [0.25, 0.3) is 0 Å². The van der Waals surface area contributed by atoms with Gasteiger partial charge in [0.15, 0.2) is 0 Å². The lowest BCUT2D eigenvalue weighted by molar-refractivity contribution is 0.472. The van der Waals surface area contributed by atoms with Crippen molar-refractivity contribution in [3.8, 4) is 0 Å². The lowest BCUT2D eigenvalue weighted by atomic mass is 10.2. The molecule has 1 aromatic rings. The molecular weight excluding hydrogens is 260 g/mol. The van der Waals surface area contributed by atoms with Crippen LogP contribution in [0.2, 0.25) is 5.02 Å². The fourth-order valence-corrected chi connectivity index (χ4v) is 3.64. The standard InChI is InChI=1S/C11H15ClN2O2S/c1-8-2-3-10(6-11(8)12)17(15,16)14-5-4-9(13)7-14/h2-3,6,9H,4-5,7,13H2,1H3/t9-/m0/s1. The summed E-state index contributed by atoms with van der Waals surface area (Å²) in [7, 11) is -3.44. The second kappa shape index (κ2) is 4.57. The first kappa shape index (κ1) is 12.8. The molecule has 0 aromatic heterocycles. The number of nitrogens with zero attached hydrogens (tertiary/aromatic N) is 1. The van der Waals surface area contributed by atoms with E-state index in [1.54, 1.807) is 12.1 Å². The van der Waals surface area contributed by atoms with Crippen molar-refractivity contribution in [2.45, 2.75) is 24.3 Å². The SMILES string of the molecule is Cc1ccc(S(=O)(=O)N2CC[C@H](N)C2)cc1Cl. The summed E-state index contributed by atoms with van der Waals surface area (Å²) in [6.07, 6.45) is 0.707. The van der Waals surface area contributed by atoms with Crippen LogP contribution >= 0.6 is 11.6 Å². The molecule has 94 valence electrons. The van der Waals surface area contributed by atoms with Crippen molar-refractivity contribution >= 4 is 21.6 Å². The minimum atomic E-state index is -3.44. The quantitative estimate of drug-likeness (QED) is 0.886. The molecule has 1 heterocycles. The molecule has 1 aromatic carbocycles. The molecule has 0 spiro atoms. The zero-order valence-corrected chi connectivity index (χ0v) is 11.1. The topological polar surface area (TPSA) is 63.4 Å². The van der Waals surface area contributed by atoms with Gasteiger partial charge in [0.2, 0.25) is 10.0 Å². The summed E-state index contributed by atoms with van der Waals surface area (Å²) < 4.78 is 25.9. The van der Waals surface area contributed by atoms with Gasteiger partial charge in [0, 0.05) is 24.2 Å². The molecule has 0 amide bonds. The predicted octanol–water partition coefficient (Wildman–Crippen LogP) is 1.37. The molecule has 1 aliphatic rings. The average molecular weight is 275 g/mol. The second-order valence-corrected chi connectivity index (χ2v) is 6.67. The highest BCUT2D eigenvalue weighted by molar-refractivity contribution is 7.89. The Bertz CT molecular complexity index is 530. The maximum Gasteiger partial charge on any atom is 0.243 e. The van der Waals surface area contributed by atoms with Crippen LogP contribution < -0.4 is 5.73 Å². The summed E-state index contributed by atoms with van der Waals surface area (Å²) in [4.78, 5) is 0.238. The van der Waals surface area contributed by atoms with Crippen molar-refractivity contribution in [2.24, 2.45) is 5.73 Å². The van der Waals surface area contributed by atoms with Gasteiger partial charge in [-0.3, -0.25) is 0 Å². The molecule has 4 nitrogen and oxygen atoms in total. The van der Waals surface area contributed by atoms with Crippen molar-refractivity contribution in [1.82, 2.24) is 4.31 Å². The molecule has 1 fully saturated rings. The fraction of sp³-hybridized carbons (Fsp3) is 0.455. The van der Waals surface area contributed by atoms with Crippen molar-refractivity contribution in [3.05, 3.63) is 28.8 Å². The number of sulfonamides is 1. The Hall–Kier alpha value is -0.620. The van der Waals surface area contributed by atoms with E-state index in [4.69, 9.17) is 17.3 Å². The lowest BCUT2D eigenvalue weighted by Gasteiger charge is -2.16. The van der Waals surface area contributed by atoms with Gasteiger partial charge in [-0.25, -0.2) is 8.42 Å². The molecule has 1 saturated heterocycles. The van der Waals surface area contributed by atoms with E-state index in [0.717, 1.165) is 5.56 Å². The molecule has 6 heteroatoms. The monoisotopic (exact) mass is 274 g/mol. The normalized spacial score (nSPS) is 21.9. The largest absolute Gasteiger partial charge is 0.326 e. The smallest absolute Gasteiger partial charge is 0.243 e. The third kappa shape index (κ3) is 2.47. The summed E-state index contributed by atoms with van der Waals surface area (Å²) in [5.74, 6) is 0. The summed E-state index contributed by atoms with van der Waals surface area (Å²) in [5.41, 5.74) is 6.59. The van der Waals surface area contributed by atoms with Crippen LogP contribution in [-0.2, 0) is 10.0 Å². The van der Waals surface area contributed by atoms with Crippen LogP contribution in [0.4, 0.5) is 0 Å². The highest BCUT2D eigenvalue weighted by Gasteiger charge is 2.30. The first-order chi connectivity index (χ1) is 7.91. The van der Waals surface area contributed by atoms with Gasteiger partial charge >= 0.3 is 0 Å². The van der Waals surface area contributed by atoms with Gasteiger partial charge in [-0.05, 0) is 31.0 Å². The molecule has 17 heavy (non-hydrogen) atoms. The third-order valence-electron chi connectivity index (χ3n) is 2.97. The Kier molecular flexibility index (Phi) is 3.45. The van der Waals surface area contributed by atoms with Gasteiger partial charge < -0.3 is 5.73 Å². The van der Waals surface area contributed by atoms with Crippen LogP contribution in [0.25, 0.3) is 0 Å². The lowest BCUT2D eigenvalue weighted by Crippen LogP contribution is -2.31. The summed E-state index contributed by atoms with van der Waals surface area (Å²) in [6, 6.07) is 4.73. The highest BCUT2D eigenvalue weighted by Crippen LogP contribution is 2.24. The number of hydrogen-bond donors (Lipinski definition) is 1. The Balaban J connectivity index is 2.35. The van der Waals surface area contributed by atoms with Crippen LogP contribution in [0, 0.1) is 6.92 Å². The number of nitrogens with two attached hydrogens (primary N) is 1. The molecule has 0 saturated carbocycles. The molecule has 0 bridgehead atoms. The number of hydrogen-bond acceptors (Lipinski definition) is 3. The van der Waals surface area contributed by atoms with Crippen molar-refractivity contribution in [3.63, 3.8) is 0 Å². The zero-order valence-electron chi connectivity index (χ0n) is 9.56. The number of aryl methyl sites for hydroxylation is 1. The Labute approximate surface area is 106 Å². The maximum absolute atomic E-state index is 12.3. The van der Waals surface area contributed by atoms with Gasteiger partial charge in [-0.2, -0.15) is 4.31 Å². The molecule has 0 unspecified atom stereocenters. The van der Waals surface area contributed by atoms with Crippen molar-refractivity contribution < 1.29 is 8.42 Å². The second-order valence-electron chi connectivity index (χ2n) is 4.32. The van der Waals surface area contributed by atoms with E-state index in [-0.39, 0.29) is 10.9 Å². The fourth-order valence-electron chi connectivity index (χ4n) is 1.86. The number of rotatable bonds is 2. The van der Waals surface area contributed by atoms with E-state index in [1.165, 1.54) is 10.4 Å². The summed E-state index contributed by atoms with van der Waals surface area (Å²) in [6.45, 7) is 2.70. The molecule has 0 radical (unpaired) electrons. The van der Waals surface area contributed by atoms with Crippen LogP contribution in [0.15, 0.2) is 23.1 Å². The predicted molar refractivity (Wildman–Crippen MR) is 67.5 cm³/mol. The van der Waals surface area contributed by atoms with E-state index in [9.17, 15) is 8.42 Å². The van der Waals surface area contributed by atoms with Crippen LogP contribution in [0.5, 0.6) is 0 Å². The van der Waals surface area contributed by atoms with E-state index in [2.05, 4.69) is 0 Å². The van der Waals surface area contributed by atoms with Crippen LogP contribution in [-0.4, -0.2) is 31.9 Å². The first-order valence-corrected chi connectivity index (χ1v) is 7.25. The number of benzene rings is 1. The van der Waals surface area contributed by atoms with Crippen molar-refractivity contribution in [1.29, 1.82) is 0 Å². The van der Waals surface area contributed by atoms with E-state index >= 15 is 0 Å². The Morgan fingerprint density at radius 1 is 1.47 bits per heavy atom. The molecule has 1 atom stereocenters. The van der Waals surface area contributed by atoms with Crippen LogP contribution in [0.3, 0.4) is 0 Å². The molecular formula is C11H15ClN2O2S. The average Bonchev–Trinajstić information content (AvgIpc) is 2.69. The van der Waals surface area contributed by atoms with E-state index in [0.29, 0.717) is 24.5 Å². The highest BCUT2D eigenvalue weighted by atomic mass is 35.5. The summed E-state index contributed by atoms with van der Waals surface area (Å²) >= 11 is 5.95. The molecule has 1 aliphatic heterocycles. The van der Waals surface area contributed by atoms with Crippen LogP contribution in [0.1, 0.15) is 12.0 Å². The first-order valence-electron chi connectivity index (χ1n) is 5.43. The maximum atomic E-state index is 12.3.